The van der Waals surface area contributed by atoms with E-state index >= 15 is 0 Å². The van der Waals surface area contributed by atoms with Crippen LogP contribution in [-0.2, 0) is 4.74 Å². The third-order valence-corrected chi connectivity index (χ3v) is 5.40. The Balaban J connectivity index is 2.01. The second-order valence-corrected chi connectivity index (χ2v) is 6.65. The molecule has 2 rings (SSSR count). The fraction of sp³-hybridized carbons (Fsp3) is 1.00. The Morgan fingerprint density at radius 2 is 1.56 bits per heavy atom. The van der Waals surface area contributed by atoms with E-state index < -0.39 is 0 Å². The Hall–Kier alpha value is -0.0800. The van der Waals surface area contributed by atoms with E-state index in [0.29, 0.717) is 5.92 Å². The van der Waals surface area contributed by atoms with Crippen LogP contribution < -0.4 is 0 Å². The van der Waals surface area contributed by atoms with Crippen LogP contribution in [0, 0.1) is 11.8 Å². The summed E-state index contributed by atoms with van der Waals surface area (Å²) < 4.78 is 5.85. The van der Waals surface area contributed by atoms with Gasteiger partial charge in [0.25, 0.3) is 0 Å². The van der Waals surface area contributed by atoms with Crippen molar-refractivity contribution in [1.82, 2.24) is 0 Å². The predicted octanol–water partition coefficient (Wildman–Crippen LogP) is 3.91. The van der Waals surface area contributed by atoms with Crippen LogP contribution in [0.4, 0.5) is 0 Å². The number of rotatable bonds is 3. The molecule has 1 atom stereocenters. The summed E-state index contributed by atoms with van der Waals surface area (Å²) in [7, 11) is 1.81. The maximum Gasteiger partial charge on any atom is 0.0939 e. The summed E-state index contributed by atoms with van der Waals surface area (Å²) in [5.41, 5.74) is -0.234. The van der Waals surface area contributed by atoms with Crippen LogP contribution in [0.5, 0.6) is 0 Å². The van der Waals surface area contributed by atoms with Crippen LogP contribution in [0.1, 0.15) is 71.1 Å². The van der Waals surface area contributed by atoms with Crippen LogP contribution in [0.3, 0.4) is 0 Å². The molecule has 2 aliphatic carbocycles. The maximum absolute atomic E-state index is 10.8. The molecular weight excluding hydrogens is 224 g/mol. The maximum atomic E-state index is 10.8. The number of hydrogen-bond acceptors (Lipinski definition) is 2. The van der Waals surface area contributed by atoms with Crippen LogP contribution in [0.15, 0.2) is 0 Å². The number of methoxy groups -OCH3 is 1. The molecule has 0 bridgehead atoms. The third kappa shape index (κ3) is 3.08. The Morgan fingerprint density at radius 1 is 1.00 bits per heavy atom. The van der Waals surface area contributed by atoms with Gasteiger partial charge >= 0.3 is 0 Å². The average Bonchev–Trinajstić information content (AvgIpc) is 2.65. The molecule has 2 saturated carbocycles. The zero-order valence-corrected chi connectivity index (χ0v) is 12.2. The van der Waals surface area contributed by atoms with Gasteiger partial charge in [0.2, 0.25) is 0 Å². The molecule has 2 nitrogen and oxygen atoms in total. The largest absolute Gasteiger partial charge is 0.390 e. The molecule has 0 aliphatic heterocycles. The van der Waals surface area contributed by atoms with E-state index in [9.17, 15) is 5.11 Å². The number of aliphatic hydroxyl groups excluding tert-OH is 1. The highest BCUT2D eigenvalue weighted by molar-refractivity contribution is 4.94. The lowest BCUT2D eigenvalue weighted by molar-refractivity contribution is -0.137. The summed E-state index contributed by atoms with van der Waals surface area (Å²) in [6.07, 6.45) is 11.8. The van der Waals surface area contributed by atoms with Gasteiger partial charge in [0.15, 0.2) is 0 Å². The van der Waals surface area contributed by atoms with Crippen LogP contribution in [0.2, 0.25) is 0 Å². The molecule has 0 aromatic rings. The highest BCUT2D eigenvalue weighted by Gasteiger charge is 2.42. The van der Waals surface area contributed by atoms with Crippen molar-refractivity contribution in [3.8, 4) is 0 Å². The predicted molar refractivity (Wildman–Crippen MR) is 74.6 cm³/mol. The molecule has 0 aromatic heterocycles. The van der Waals surface area contributed by atoms with Gasteiger partial charge in [-0.05, 0) is 37.5 Å². The zero-order valence-electron chi connectivity index (χ0n) is 12.2. The Morgan fingerprint density at radius 3 is 2.06 bits per heavy atom. The molecule has 0 aromatic carbocycles. The van der Waals surface area contributed by atoms with E-state index in [1.54, 1.807) is 7.11 Å². The Labute approximate surface area is 112 Å². The monoisotopic (exact) mass is 254 g/mol. The van der Waals surface area contributed by atoms with Crippen molar-refractivity contribution in [2.24, 2.45) is 11.8 Å². The number of hydrogen-bond donors (Lipinski definition) is 1. The highest BCUT2D eigenvalue weighted by atomic mass is 16.5. The van der Waals surface area contributed by atoms with Crippen molar-refractivity contribution in [3.05, 3.63) is 0 Å². The van der Waals surface area contributed by atoms with Crippen molar-refractivity contribution >= 4 is 0 Å². The van der Waals surface area contributed by atoms with Crippen molar-refractivity contribution in [2.45, 2.75) is 82.8 Å². The van der Waals surface area contributed by atoms with Gasteiger partial charge in [-0.25, -0.2) is 0 Å². The van der Waals surface area contributed by atoms with Crippen LogP contribution >= 0.6 is 0 Å². The smallest absolute Gasteiger partial charge is 0.0939 e. The molecule has 18 heavy (non-hydrogen) atoms. The number of ether oxygens (including phenoxy) is 1. The standard InChI is InChI=1S/C16H30O2/c1-13-7-9-14(10-8-13)15(17)16(18-2)11-5-3-4-6-12-16/h13-15,17H,3-12H2,1-2H3. The van der Waals surface area contributed by atoms with Gasteiger partial charge < -0.3 is 9.84 Å². The average molecular weight is 254 g/mol. The normalized spacial score (nSPS) is 34.8. The molecule has 0 radical (unpaired) electrons. The van der Waals surface area contributed by atoms with Gasteiger partial charge in [0.1, 0.15) is 0 Å². The highest BCUT2D eigenvalue weighted by Crippen LogP contribution is 2.40. The van der Waals surface area contributed by atoms with Gasteiger partial charge in [0, 0.05) is 7.11 Å². The fourth-order valence-corrected chi connectivity index (χ4v) is 3.98. The van der Waals surface area contributed by atoms with Crippen LogP contribution in [0.25, 0.3) is 0 Å². The molecule has 1 N–H and O–H groups in total. The van der Waals surface area contributed by atoms with Gasteiger partial charge in [-0.3, -0.25) is 0 Å². The first-order valence-corrected chi connectivity index (χ1v) is 7.91. The summed E-state index contributed by atoms with van der Waals surface area (Å²) in [6, 6.07) is 0. The van der Waals surface area contributed by atoms with Gasteiger partial charge in [0.05, 0.1) is 11.7 Å². The van der Waals surface area contributed by atoms with E-state index in [-0.39, 0.29) is 11.7 Å². The van der Waals surface area contributed by atoms with Crippen molar-refractivity contribution in [1.29, 1.82) is 0 Å². The molecule has 1 unspecified atom stereocenters. The van der Waals surface area contributed by atoms with Gasteiger partial charge in [-0.15, -0.1) is 0 Å². The van der Waals surface area contributed by atoms with E-state index in [2.05, 4.69) is 6.92 Å². The molecule has 0 spiro atoms. The lowest BCUT2D eigenvalue weighted by atomic mass is 9.73. The minimum Gasteiger partial charge on any atom is -0.390 e. The topological polar surface area (TPSA) is 29.5 Å². The summed E-state index contributed by atoms with van der Waals surface area (Å²) in [5.74, 6) is 1.32. The minimum atomic E-state index is -0.243. The summed E-state index contributed by atoms with van der Waals surface area (Å²) >= 11 is 0. The lowest BCUT2D eigenvalue weighted by Gasteiger charge is -2.42. The second kappa shape index (κ2) is 6.38. The molecule has 0 amide bonds. The van der Waals surface area contributed by atoms with Crippen molar-refractivity contribution in [2.75, 3.05) is 7.11 Å². The number of aliphatic hydroxyl groups is 1. The van der Waals surface area contributed by atoms with Gasteiger partial charge in [-0.2, -0.15) is 0 Å². The molecule has 0 saturated heterocycles. The van der Waals surface area contributed by atoms with E-state index in [4.69, 9.17) is 4.74 Å². The first-order valence-electron chi connectivity index (χ1n) is 7.91. The van der Waals surface area contributed by atoms with Gasteiger partial charge in [-0.1, -0.05) is 45.4 Å². The van der Waals surface area contributed by atoms with E-state index in [1.807, 2.05) is 0 Å². The first kappa shape index (κ1) is 14.3. The SMILES string of the molecule is COC1(C(O)C2CCC(C)CC2)CCCCCC1. The quantitative estimate of drug-likeness (QED) is 0.774. The third-order valence-electron chi connectivity index (χ3n) is 5.40. The molecule has 2 heteroatoms. The summed E-state index contributed by atoms with van der Waals surface area (Å²) in [5, 5.41) is 10.8. The van der Waals surface area contributed by atoms with E-state index in [1.165, 1.54) is 51.4 Å². The Bertz CT molecular complexity index is 235. The lowest BCUT2D eigenvalue weighted by Crippen LogP contribution is -2.48. The second-order valence-electron chi connectivity index (χ2n) is 6.65. The summed E-state index contributed by atoms with van der Waals surface area (Å²) in [4.78, 5) is 0. The molecule has 106 valence electrons. The summed E-state index contributed by atoms with van der Waals surface area (Å²) in [6.45, 7) is 2.33. The minimum absolute atomic E-state index is 0.234. The van der Waals surface area contributed by atoms with E-state index in [0.717, 1.165) is 18.8 Å². The Kier molecular flexibility index (Phi) is 5.08. The fourth-order valence-electron chi connectivity index (χ4n) is 3.98. The van der Waals surface area contributed by atoms with Crippen molar-refractivity contribution < 1.29 is 9.84 Å². The molecule has 0 heterocycles. The first-order chi connectivity index (χ1) is 8.68. The molecular formula is C16H30O2. The molecule has 2 fully saturated rings. The van der Waals surface area contributed by atoms with Crippen LogP contribution in [-0.4, -0.2) is 23.9 Å². The zero-order chi connectivity index (χ0) is 13.0. The molecule has 2 aliphatic rings. The van der Waals surface area contributed by atoms with Crippen molar-refractivity contribution in [3.63, 3.8) is 0 Å².